The molecule has 3 nitrogen and oxygen atoms in total. The van der Waals surface area contributed by atoms with Crippen molar-refractivity contribution >= 4 is 0 Å². The minimum atomic E-state index is 0.141. The zero-order valence-corrected chi connectivity index (χ0v) is 14.8. The zero-order valence-electron chi connectivity index (χ0n) is 14.8. The lowest BCUT2D eigenvalue weighted by Crippen LogP contribution is -2.34. The summed E-state index contributed by atoms with van der Waals surface area (Å²) in [4.78, 5) is 2.48. The summed E-state index contributed by atoms with van der Waals surface area (Å²) in [6, 6.07) is 2.19. The predicted molar refractivity (Wildman–Crippen MR) is 90.3 cm³/mol. The van der Waals surface area contributed by atoms with Crippen molar-refractivity contribution in [3.8, 4) is 0 Å². The van der Waals surface area contributed by atoms with Gasteiger partial charge in [-0.3, -0.25) is 4.90 Å². The normalized spacial score (nSPS) is 12.6. The lowest BCUT2D eigenvalue weighted by atomic mass is 10.0. The van der Waals surface area contributed by atoms with Crippen molar-refractivity contribution < 1.29 is 4.42 Å². The van der Waals surface area contributed by atoms with Gasteiger partial charge in [0.15, 0.2) is 0 Å². The Morgan fingerprint density at radius 1 is 1.19 bits per heavy atom. The second-order valence-corrected chi connectivity index (χ2v) is 7.04. The molecule has 0 fully saturated rings. The van der Waals surface area contributed by atoms with Gasteiger partial charge < -0.3 is 9.73 Å². The standard InChI is InChI=1S/C18H34N2O/c1-7-15(8-2)12-20(9-3)13-17-10-16(14-21-17)11-19-18(4,5)6/h10,14-15,19H,7-9,11-13H2,1-6H3. The van der Waals surface area contributed by atoms with Crippen LogP contribution in [0.3, 0.4) is 0 Å². The first kappa shape index (κ1) is 18.2. The van der Waals surface area contributed by atoms with E-state index in [4.69, 9.17) is 4.42 Å². The second-order valence-electron chi connectivity index (χ2n) is 7.04. The molecule has 0 aromatic carbocycles. The van der Waals surface area contributed by atoms with E-state index in [1.165, 1.54) is 24.9 Å². The Morgan fingerprint density at radius 2 is 1.86 bits per heavy atom. The Kier molecular flexibility index (Phi) is 7.47. The third kappa shape index (κ3) is 7.14. The molecule has 0 radical (unpaired) electrons. The van der Waals surface area contributed by atoms with E-state index < -0.39 is 0 Å². The fraction of sp³-hybridized carbons (Fsp3) is 0.778. The molecule has 0 amide bonds. The minimum absolute atomic E-state index is 0.141. The molecule has 1 aromatic rings. The van der Waals surface area contributed by atoms with Crippen LogP contribution in [-0.2, 0) is 13.1 Å². The summed E-state index contributed by atoms with van der Waals surface area (Å²) >= 11 is 0. The van der Waals surface area contributed by atoms with Gasteiger partial charge in [0.1, 0.15) is 5.76 Å². The van der Waals surface area contributed by atoms with Crippen LogP contribution in [-0.4, -0.2) is 23.5 Å². The van der Waals surface area contributed by atoms with Crippen LogP contribution in [0.2, 0.25) is 0 Å². The maximum atomic E-state index is 5.73. The highest BCUT2D eigenvalue weighted by Crippen LogP contribution is 2.15. The molecule has 0 atom stereocenters. The summed E-state index contributed by atoms with van der Waals surface area (Å²) in [7, 11) is 0. The number of rotatable bonds is 9. The quantitative estimate of drug-likeness (QED) is 0.730. The number of nitrogens with one attached hydrogen (secondary N) is 1. The highest BCUT2D eigenvalue weighted by molar-refractivity contribution is 5.13. The van der Waals surface area contributed by atoms with Gasteiger partial charge in [-0.2, -0.15) is 0 Å². The van der Waals surface area contributed by atoms with Crippen LogP contribution in [0.25, 0.3) is 0 Å². The third-order valence-electron chi connectivity index (χ3n) is 4.03. The van der Waals surface area contributed by atoms with Gasteiger partial charge in [-0.15, -0.1) is 0 Å². The molecule has 0 bridgehead atoms. The van der Waals surface area contributed by atoms with Crippen LogP contribution in [0.5, 0.6) is 0 Å². The molecule has 3 heteroatoms. The fourth-order valence-corrected chi connectivity index (χ4v) is 2.41. The Labute approximate surface area is 131 Å². The highest BCUT2D eigenvalue weighted by Gasteiger charge is 2.13. The number of nitrogens with zero attached hydrogens (tertiary/aromatic N) is 1. The van der Waals surface area contributed by atoms with E-state index in [1.54, 1.807) is 0 Å². The summed E-state index contributed by atoms with van der Waals surface area (Å²) < 4.78 is 5.73. The van der Waals surface area contributed by atoms with Gasteiger partial charge in [0.2, 0.25) is 0 Å². The fourth-order valence-electron chi connectivity index (χ4n) is 2.41. The summed E-state index contributed by atoms with van der Waals surface area (Å²) in [5.74, 6) is 1.87. The first-order valence-corrected chi connectivity index (χ1v) is 8.41. The molecule has 0 saturated carbocycles. The van der Waals surface area contributed by atoms with Crippen molar-refractivity contribution in [2.75, 3.05) is 13.1 Å². The summed E-state index contributed by atoms with van der Waals surface area (Å²) in [5, 5.41) is 3.50. The second kappa shape index (κ2) is 8.60. The van der Waals surface area contributed by atoms with Crippen molar-refractivity contribution in [1.82, 2.24) is 10.2 Å². The molecule has 1 N–H and O–H groups in total. The lowest BCUT2D eigenvalue weighted by molar-refractivity contribution is 0.211. The molecule has 0 unspecified atom stereocenters. The highest BCUT2D eigenvalue weighted by atomic mass is 16.3. The van der Waals surface area contributed by atoms with Crippen molar-refractivity contribution in [3.63, 3.8) is 0 Å². The monoisotopic (exact) mass is 294 g/mol. The van der Waals surface area contributed by atoms with Crippen LogP contribution in [0, 0.1) is 5.92 Å². The molecule has 1 aromatic heterocycles. The van der Waals surface area contributed by atoms with Crippen LogP contribution >= 0.6 is 0 Å². The summed E-state index contributed by atoms with van der Waals surface area (Å²) in [5.41, 5.74) is 1.38. The van der Waals surface area contributed by atoms with Gasteiger partial charge in [-0.1, -0.05) is 33.6 Å². The van der Waals surface area contributed by atoms with Gasteiger partial charge in [-0.25, -0.2) is 0 Å². The SMILES string of the molecule is CCC(CC)CN(CC)Cc1cc(CNC(C)(C)C)co1. The molecule has 0 aliphatic heterocycles. The maximum Gasteiger partial charge on any atom is 0.118 e. The average Bonchev–Trinajstić information content (AvgIpc) is 2.88. The molecule has 0 aliphatic rings. The van der Waals surface area contributed by atoms with Crippen molar-refractivity contribution in [3.05, 3.63) is 23.7 Å². The molecular formula is C18H34N2O. The van der Waals surface area contributed by atoms with E-state index in [0.29, 0.717) is 0 Å². The molecule has 1 rings (SSSR count). The maximum absolute atomic E-state index is 5.73. The minimum Gasteiger partial charge on any atom is -0.468 e. The Morgan fingerprint density at radius 3 is 2.38 bits per heavy atom. The number of hydrogen-bond donors (Lipinski definition) is 1. The van der Waals surface area contributed by atoms with Gasteiger partial charge in [-0.05, 0) is 39.3 Å². The van der Waals surface area contributed by atoms with Gasteiger partial charge >= 0.3 is 0 Å². The van der Waals surface area contributed by atoms with E-state index >= 15 is 0 Å². The zero-order chi connectivity index (χ0) is 15.9. The van der Waals surface area contributed by atoms with Gasteiger partial charge in [0, 0.05) is 24.2 Å². The molecule has 0 spiro atoms. The smallest absolute Gasteiger partial charge is 0.118 e. The topological polar surface area (TPSA) is 28.4 Å². The van der Waals surface area contributed by atoms with E-state index in [2.05, 4.69) is 57.8 Å². The molecular weight excluding hydrogens is 260 g/mol. The first-order chi connectivity index (χ1) is 9.87. The van der Waals surface area contributed by atoms with Crippen molar-refractivity contribution in [2.24, 2.45) is 5.92 Å². The van der Waals surface area contributed by atoms with Crippen LogP contribution in [0.1, 0.15) is 65.7 Å². The van der Waals surface area contributed by atoms with E-state index in [9.17, 15) is 0 Å². The third-order valence-corrected chi connectivity index (χ3v) is 4.03. The molecule has 0 aliphatic carbocycles. The van der Waals surface area contributed by atoms with Crippen molar-refractivity contribution in [2.45, 2.75) is 73.0 Å². The van der Waals surface area contributed by atoms with Gasteiger partial charge in [0.05, 0.1) is 12.8 Å². The molecule has 21 heavy (non-hydrogen) atoms. The largest absolute Gasteiger partial charge is 0.468 e. The van der Waals surface area contributed by atoms with E-state index in [-0.39, 0.29) is 5.54 Å². The van der Waals surface area contributed by atoms with Crippen LogP contribution in [0.4, 0.5) is 0 Å². The first-order valence-electron chi connectivity index (χ1n) is 8.41. The van der Waals surface area contributed by atoms with E-state index in [1.807, 2.05) is 6.26 Å². The lowest BCUT2D eigenvalue weighted by Gasteiger charge is -2.24. The Balaban J connectivity index is 2.51. The number of furan rings is 1. The van der Waals surface area contributed by atoms with Crippen molar-refractivity contribution in [1.29, 1.82) is 0 Å². The van der Waals surface area contributed by atoms with Gasteiger partial charge in [0.25, 0.3) is 0 Å². The van der Waals surface area contributed by atoms with Crippen LogP contribution < -0.4 is 5.32 Å². The molecule has 1 heterocycles. The number of hydrogen-bond acceptors (Lipinski definition) is 3. The van der Waals surface area contributed by atoms with Crippen LogP contribution in [0.15, 0.2) is 16.7 Å². The predicted octanol–water partition coefficient (Wildman–Crippen LogP) is 4.43. The Bertz CT molecular complexity index is 388. The van der Waals surface area contributed by atoms with E-state index in [0.717, 1.165) is 31.3 Å². The summed E-state index contributed by atoms with van der Waals surface area (Å²) in [6.45, 7) is 17.4. The molecule has 0 saturated heterocycles. The molecule has 122 valence electrons. The average molecular weight is 294 g/mol. The summed E-state index contributed by atoms with van der Waals surface area (Å²) in [6.07, 6.45) is 4.40. The Hall–Kier alpha value is -0.800.